The van der Waals surface area contributed by atoms with Crippen molar-refractivity contribution < 1.29 is 4.42 Å². The highest BCUT2D eigenvalue weighted by atomic mass is 35.5. The van der Waals surface area contributed by atoms with Crippen molar-refractivity contribution in [1.29, 1.82) is 0 Å². The van der Waals surface area contributed by atoms with Crippen LogP contribution in [0.4, 0.5) is 5.69 Å². The van der Waals surface area contributed by atoms with E-state index in [2.05, 4.69) is 57.2 Å². The van der Waals surface area contributed by atoms with Gasteiger partial charge in [-0.15, -0.1) is 0 Å². The Balaban J connectivity index is 1.32. The first-order chi connectivity index (χ1) is 14.8. The minimum atomic E-state index is -0.0369. The van der Waals surface area contributed by atoms with E-state index in [-0.39, 0.29) is 5.41 Å². The van der Waals surface area contributed by atoms with Crippen LogP contribution in [0.1, 0.15) is 38.8 Å². The smallest absolute Gasteiger partial charge is 0.213 e. The van der Waals surface area contributed by atoms with Crippen molar-refractivity contribution in [3.05, 3.63) is 47.1 Å². The van der Waals surface area contributed by atoms with Crippen LogP contribution < -0.4 is 15.5 Å². The van der Waals surface area contributed by atoms with Crippen molar-refractivity contribution in [1.82, 2.24) is 20.5 Å². The molecule has 8 heteroatoms. The van der Waals surface area contributed by atoms with E-state index in [0.717, 1.165) is 62.4 Å². The van der Waals surface area contributed by atoms with Crippen LogP contribution in [0.25, 0.3) is 0 Å². The minimum absolute atomic E-state index is 0.0369. The van der Waals surface area contributed by atoms with E-state index in [9.17, 15) is 0 Å². The number of rotatable bonds is 7. The molecule has 2 heterocycles. The number of benzene rings is 1. The number of aliphatic imine (C=N–C) groups is 1. The van der Waals surface area contributed by atoms with Crippen LogP contribution in [-0.4, -0.2) is 62.2 Å². The Kier molecular flexibility index (Phi) is 8.21. The third-order valence-corrected chi connectivity index (χ3v) is 5.65. The van der Waals surface area contributed by atoms with Gasteiger partial charge < -0.3 is 20.0 Å². The molecule has 0 unspecified atom stereocenters. The summed E-state index contributed by atoms with van der Waals surface area (Å²) < 4.78 is 5.82. The van der Waals surface area contributed by atoms with Crippen LogP contribution in [0, 0.1) is 0 Å². The number of piperazine rings is 1. The molecule has 1 fully saturated rings. The molecule has 1 aliphatic heterocycles. The summed E-state index contributed by atoms with van der Waals surface area (Å²) in [4.78, 5) is 13.6. The van der Waals surface area contributed by atoms with Crippen LogP contribution in [0.3, 0.4) is 0 Å². The molecule has 0 amide bonds. The highest BCUT2D eigenvalue weighted by molar-refractivity contribution is 6.30. The summed E-state index contributed by atoms with van der Waals surface area (Å²) >= 11 is 6.12. The molecule has 3 rings (SSSR count). The maximum atomic E-state index is 6.12. The van der Waals surface area contributed by atoms with Crippen molar-refractivity contribution in [3.8, 4) is 0 Å². The van der Waals surface area contributed by atoms with Crippen molar-refractivity contribution in [2.75, 3.05) is 51.2 Å². The molecule has 0 saturated carbocycles. The summed E-state index contributed by atoms with van der Waals surface area (Å²) in [5.74, 6) is 2.33. The summed E-state index contributed by atoms with van der Waals surface area (Å²) in [6.07, 6.45) is 2.87. The Labute approximate surface area is 190 Å². The molecule has 170 valence electrons. The molecule has 31 heavy (non-hydrogen) atoms. The van der Waals surface area contributed by atoms with Crippen molar-refractivity contribution in [3.63, 3.8) is 0 Å². The van der Waals surface area contributed by atoms with Gasteiger partial charge in [-0.3, -0.25) is 9.89 Å². The molecule has 1 saturated heterocycles. The molecule has 1 aromatic heterocycles. The van der Waals surface area contributed by atoms with Gasteiger partial charge in [-0.05, 0) is 31.2 Å². The first kappa shape index (κ1) is 23.4. The molecule has 0 atom stereocenters. The number of guanidine groups is 1. The molecule has 2 N–H and O–H groups in total. The fourth-order valence-corrected chi connectivity index (χ4v) is 3.72. The topological polar surface area (TPSA) is 68.9 Å². The highest BCUT2D eigenvalue weighted by Gasteiger charge is 2.19. The van der Waals surface area contributed by atoms with Crippen molar-refractivity contribution in [2.45, 2.75) is 39.2 Å². The van der Waals surface area contributed by atoms with Gasteiger partial charge in [0, 0.05) is 55.9 Å². The second kappa shape index (κ2) is 10.9. The van der Waals surface area contributed by atoms with Crippen molar-refractivity contribution in [2.24, 2.45) is 4.99 Å². The SMILES string of the molecule is CN=C(NCCCN1CCN(c2cccc(Cl)c2)CC1)NCc1ncc(C(C)(C)C)o1. The number of aromatic nitrogens is 1. The van der Waals surface area contributed by atoms with Gasteiger partial charge in [-0.25, -0.2) is 4.98 Å². The summed E-state index contributed by atoms with van der Waals surface area (Å²) in [6.45, 7) is 13.0. The lowest BCUT2D eigenvalue weighted by atomic mass is 9.94. The normalized spacial score (nSPS) is 15.9. The summed E-state index contributed by atoms with van der Waals surface area (Å²) in [7, 11) is 1.78. The lowest BCUT2D eigenvalue weighted by Gasteiger charge is -2.36. The lowest BCUT2D eigenvalue weighted by Crippen LogP contribution is -2.47. The quantitative estimate of drug-likeness (QED) is 0.385. The molecule has 1 aliphatic rings. The second-order valence-corrected chi connectivity index (χ2v) is 9.32. The van der Waals surface area contributed by atoms with E-state index in [0.29, 0.717) is 12.4 Å². The van der Waals surface area contributed by atoms with Gasteiger partial charge in [0.1, 0.15) is 5.76 Å². The van der Waals surface area contributed by atoms with Crippen LogP contribution in [-0.2, 0) is 12.0 Å². The summed E-state index contributed by atoms with van der Waals surface area (Å²) in [6, 6.07) is 8.11. The molecule has 0 aliphatic carbocycles. The first-order valence-corrected chi connectivity index (χ1v) is 11.4. The van der Waals surface area contributed by atoms with Gasteiger partial charge in [0.25, 0.3) is 0 Å². The Morgan fingerprint density at radius 3 is 2.61 bits per heavy atom. The highest BCUT2D eigenvalue weighted by Crippen LogP contribution is 2.22. The van der Waals surface area contributed by atoms with E-state index >= 15 is 0 Å². The number of anilines is 1. The van der Waals surface area contributed by atoms with Gasteiger partial charge in [0.15, 0.2) is 5.96 Å². The predicted octanol–water partition coefficient (Wildman–Crippen LogP) is 3.50. The molecular weight excluding hydrogens is 412 g/mol. The lowest BCUT2D eigenvalue weighted by molar-refractivity contribution is 0.255. The standard InChI is InChI=1S/C23H35ClN6O/c1-23(2,3)20-16-27-21(31-20)17-28-22(25-4)26-9-6-10-29-11-13-30(14-12-29)19-8-5-7-18(24)15-19/h5,7-8,15-16H,6,9-14,17H2,1-4H3,(H2,25,26,28). The minimum Gasteiger partial charge on any atom is -0.443 e. The third-order valence-electron chi connectivity index (χ3n) is 5.41. The van der Waals surface area contributed by atoms with Gasteiger partial charge in [-0.1, -0.05) is 38.4 Å². The second-order valence-electron chi connectivity index (χ2n) is 8.88. The van der Waals surface area contributed by atoms with Crippen molar-refractivity contribution >= 4 is 23.2 Å². The van der Waals surface area contributed by atoms with Gasteiger partial charge in [0.2, 0.25) is 5.89 Å². The first-order valence-electron chi connectivity index (χ1n) is 11.0. The van der Waals surface area contributed by atoms with E-state index in [4.69, 9.17) is 16.0 Å². The van der Waals surface area contributed by atoms with E-state index in [1.807, 2.05) is 18.2 Å². The maximum absolute atomic E-state index is 6.12. The molecule has 0 radical (unpaired) electrons. The zero-order chi connectivity index (χ0) is 22.3. The Morgan fingerprint density at radius 1 is 1.19 bits per heavy atom. The number of hydrogen-bond acceptors (Lipinski definition) is 5. The predicted molar refractivity (Wildman–Crippen MR) is 128 cm³/mol. The largest absolute Gasteiger partial charge is 0.443 e. The number of hydrogen-bond donors (Lipinski definition) is 2. The Hall–Kier alpha value is -2.25. The molecule has 2 aromatic rings. The van der Waals surface area contributed by atoms with Crippen LogP contribution in [0.2, 0.25) is 5.02 Å². The zero-order valence-corrected chi connectivity index (χ0v) is 19.9. The molecule has 1 aromatic carbocycles. The molecule has 0 spiro atoms. The van der Waals surface area contributed by atoms with Gasteiger partial charge in [-0.2, -0.15) is 0 Å². The monoisotopic (exact) mass is 446 g/mol. The average molecular weight is 447 g/mol. The number of oxazole rings is 1. The fraction of sp³-hybridized carbons (Fsp3) is 0.565. The molecule has 7 nitrogen and oxygen atoms in total. The third kappa shape index (κ3) is 7.14. The summed E-state index contributed by atoms with van der Waals surface area (Å²) in [5, 5.41) is 7.44. The summed E-state index contributed by atoms with van der Waals surface area (Å²) in [5.41, 5.74) is 1.18. The van der Waals surface area contributed by atoms with Crippen LogP contribution in [0.5, 0.6) is 0 Å². The number of halogens is 1. The molecule has 0 bridgehead atoms. The van der Waals surface area contributed by atoms with E-state index < -0.39 is 0 Å². The van der Waals surface area contributed by atoms with Gasteiger partial charge in [0.05, 0.1) is 12.7 Å². The zero-order valence-electron chi connectivity index (χ0n) is 19.1. The average Bonchev–Trinajstić information content (AvgIpc) is 3.23. The maximum Gasteiger partial charge on any atom is 0.213 e. The van der Waals surface area contributed by atoms with Crippen LogP contribution >= 0.6 is 11.6 Å². The van der Waals surface area contributed by atoms with Crippen LogP contribution in [0.15, 0.2) is 39.9 Å². The Bertz CT molecular complexity index is 852. The van der Waals surface area contributed by atoms with E-state index in [1.165, 1.54) is 5.69 Å². The fourth-order valence-electron chi connectivity index (χ4n) is 3.53. The van der Waals surface area contributed by atoms with E-state index in [1.54, 1.807) is 13.2 Å². The number of nitrogens with one attached hydrogen (secondary N) is 2. The Morgan fingerprint density at radius 2 is 1.97 bits per heavy atom. The number of nitrogens with zero attached hydrogens (tertiary/aromatic N) is 4. The molecular formula is C23H35ClN6O. The van der Waals surface area contributed by atoms with Gasteiger partial charge >= 0.3 is 0 Å².